The highest BCUT2D eigenvalue weighted by Gasteiger charge is 2.12. The molecule has 1 heterocycles. The molecule has 0 aliphatic heterocycles. The summed E-state index contributed by atoms with van der Waals surface area (Å²) in [6, 6.07) is 6.90. The lowest BCUT2D eigenvalue weighted by Gasteiger charge is -2.06. The highest BCUT2D eigenvalue weighted by atomic mass is 35.5. The first-order chi connectivity index (χ1) is 14.5. The Morgan fingerprint density at radius 2 is 1.57 bits per heavy atom. The maximum absolute atomic E-state index is 12.2. The fourth-order valence-electron chi connectivity index (χ4n) is 3.07. The minimum absolute atomic E-state index is 0.00549. The van der Waals surface area contributed by atoms with Crippen LogP contribution in [0.2, 0.25) is 5.02 Å². The maximum atomic E-state index is 12.2. The third kappa shape index (κ3) is 8.37. The van der Waals surface area contributed by atoms with Gasteiger partial charge >= 0.3 is 5.97 Å². The number of hydrogen-bond acceptors (Lipinski definition) is 4. The lowest BCUT2D eigenvalue weighted by atomic mass is 10.1. The van der Waals surface area contributed by atoms with E-state index in [0.29, 0.717) is 23.0 Å². The fraction of sp³-hybridized carbons (Fsp3) is 0.455. The number of nitrogens with zero attached hydrogens (tertiary/aromatic N) is 1. The number of carbonyl (C=O) groups is 2. The number of carboxylic acid groups (broad SMARTS) is 1. The highest BCUT2D eigenvalue weighted by Crippen LogP contribution is 2.16. The van der Waals surface area contributed by atoms with Gasteiger partial charge in [-0.3, -0.25) is 14.4 Å². The van der Waals surface area contributed by atoms with Crippen LogP contribution in [0.5, 0.6) is 0 Å². The summed E-state index contributed by atoms with van der Waals surface area (Å²) in [6.07, 6.45) is 9.45. The van der Waals surface area contributed by atoms with Gasteiger partial charge in [0.05, 0.1) is 0 Å². The molecule has 1 aromatic heterocycles. The van der Waals surface area contributed by atoms with Crippen LogP contribution < -0.4 is 10.9 Å². The second-order valence-electron chi connectivity index (χ2n) is 7.21. The number of aliphatic carboxylic acids is 1. The standard InChI is InChI=1S/C22H28ClN3O4/c23-17-12-10-16(11-13-17)20-25-15-18(22(30)26-20)21(29)24-14-8-6-4-2-1-3-5-7-9-19(27)28/h10-13,15H,1-9,14H2,(H,24,29)(H,27,28)(H,25,26,30). The summed E-state index contributed by atoms with van der Waals surface area (Å²) in [7, 11) is 0. The Kier molecular flexibility index (Phi) is 10.1. The number of carbonyl (C=O) groups excluding carboxylic acids is 1. The molecular weight excluding hydrogens is 406 g/mol. The van der Waals surface area contributed by atoms with E-state index in [1.807, 2.05) is 0 Å². The first kappa shape index (κ1) is 23.6. The first-order valence-corrected chi connectivity index (χ1v) is 10.7. The lowest BCUT2D eigenvalue weighted by Crippen LogP contribution is -2.30. The monoisotopic (exact) mass is 433 g/mol. The van der Waals surface area contributed by atoms with Crippen molar-refractivity contribution in [2.75, 3.05) is 6.54 Å². The maximum Gasteiger partial charge on any atom is 0.303 e. The van der Waals surface area contributed by atoms with Gasteiger partial charge in [0.25, 0.3) is 11.5 Å². The topological polar surface area (TPSA) is 112 Å². The lowest BCUT2D eigenvalue weighted by molar-refractivity contribution is -0.137. The number of nitrogens with one attached hydrogen (secondary N) is 2. The Hall–Kier alpha value is -2.67. The van der Waals surface area contributed by atoms with E-state index in [-0.39, 0.29) is 12.0 Å². The molecule has 0 unspecified atom stereocenters. The van der Waals surface area contributed by atoms with Gasteiger partial charge in [0.1, 0.15) is 11.4 Å². The molecule has 7 nitrogen and oxygen atoms in total. The number of halogens is 1. The number of carboxylic acids is 1. The quantitative estimate of drug-likeness (QED) is 0.405. The van der Waals surface area contributed by atoms with Crippen LogP contribution >= 0.6 is 11.6 Å². The number of amides is 1. The van der Waals surface area contributed by atoms with E-state index in [1.165, 1.54) is 6.20 Å². The van der Waals surface area contributed by atoms with E-state index in [2.05, 4.69) is 15.3 Å². The van der Waals surface area contributed by atoms with Crippen LogP contribution in [0.3, 0.4) is 0 Å². The zero-order valence-corrected chi connectivity index (χ0v) is 17.7. The molecular formula is C22H28ClN3O4. The van der Waals surface area contributed by atoms with Crippen molar-refractivity contribution in [1.82, 2.24) is 15.3 Å². The zero-order valence-electron chi connectivity index (χ0n) is 17.0. The van der Waals surface area contributed by atoms with E-state index in [0.717, 1.165) is 51.4 Å². The van der Waals surface area contributed by atoms with E-state index >= 15 is 0 Å². The van der Waals surface area contributed by atoms with Crippen molar-refractivity contribution in [2.45, 2.75) is 57.8 Å². The minimum atomic E-state index is -0.729. The van der Waals surface area contributed by atoms with Gasteiger partial charge in [-0.25, -0.2) is 4.98 Å². The molecule has 0 radical (unpaired) electrons. The van der Waals surface area contributed by atoms with E-state index in [1.54, 1.807) is 24.3 Å². The van der Waals surface area contributed by atoms with Gasteiger partial charge < -0.3 is 15.4 Å². The van der Waals surface area contributed by atoms with Crippen molar-refractivity contribution in [3.63, 3.8) is 0 Å². The van der Waals surface area contributed by atoms with Crippen molar-refractivity contribution in [1.29, 1.82) is 0 Å². The predicted octanol–water partition coefficient (Wildman–Crippen LogP) is 4.42. The van der Waals surface area contributed by atoms with Crippen molar-refractivity contribution >= 4 is 23.5 Å². The largest absolute Gasteiger partial charge is 0.481 e. The third-order valence-corrected chi connectivity index (χ3v) is 5.02. The van der Waals surface area contributed by atoms with Crippen molar-refractivity contribution in [3.05, 3.63) is 51.4 Å². The summed E-state index contributed by atoms with van der Waals surface area (Å²) in [5, 5.41) is 11.9. The van der Waals surface area contributed by atoms with E-state index in [9.17, 15) is 14.4 Å². The van der Waals surface area contributed by atoms with Gasteiger partial charge in [0.15, 0.2) is 0 Å². The first-order valence-electron chi connectivity index (χ1n) is 10.3. The number of aromatic amines is 1. The van der Waals surface area contributed by atoms with Gasteiger partial charge in [0, 0.05) is 29.7 Å². The molecule has 1 aromatic carbocycles. The Labute approximate surface area is 180 Å². The second-order valence-corrected chi connectivity index (χ2v) is 7.65. The zero-order chi connectivity index (χ0) is 21.8. The molecule has 162 valence electrons. The number of H-pyrrole nitrogens is 1. The van der Waals surface area contributed by atoms with Crippen LogP contribution in [0.15, 0.2) is 35.3 Å². The van der Waals surface area contributed by atoms with Crippen LogP contribution in [0.4, 0.5) is 0 Å². The smallest absolute Gasteiger partial charge is 0.303 e. The Balaban J connectivity index is 1.64. The number of unbranched alkanes of at least 4 members (excludes halogenated alkanes) is 7. The average Bonchev–Trinajstić information content (AvgIpc) is 2.72. The van der Waals surface area contributed by atoms with Gasteiger partial charge in [-0.1, -0.05) is 50.1 Å². The minimum Gasteiger partial charge on any atom is -0.481 e. The molecule has 8 heteroatoms. The number of aromatic nitrogens is 2. The Morgan fingerprint density at radius 3 is 2.17 bits per heavy atom. The van der Waals surface area contributed by atoms with Gasteiger partial charge in [-0.2, -0.15) is 0 Å². The highest BCUT2D eigenvalue weighted by molar-refractivity contribution is 6.30. The summed E-state index contributed by atoms with van der Waals surface area (Å²) < 4.78 is 0. The molecule has 0 atom stereocenters. The van der Waals surface area contributed by atoms with Gasteiger partial charge in [0.2, 0.25) is 0 Å². The number of rotatable bonds is 13. The summed E-state index contributed by atoms with van der Waals surface area (Å²) in [5.41, 5.74) is 0.231. The molecule has 0 aliphatic rings. The second kappa shape index (κ2) is 12.8. The molecule has 3 N–H and O–H groups in total. The Bertz CT molecular complexity index is 881. The van der Waals surface area contributed by atoms with Crippen molar-refractivity contribution < 1.29 is 14.7 Å². The van der Waals surface area contributed by atoms with E-state index < -0.39 is 17.4 Å². The predicted molar refractivity (Wildman–Crippen MR) is 117 cm³/mol. The summed E-state index contributed by atoms with van der Waals surface area (Å²) in [4.78, 5) is 41.7. The van der Waals surface area contributed by atoms with Crippen LogP contribution in [0.25, 0.3) is 11.4 Å². The molecule has 2 aromatic rings. The number of benzene rings is 1. The fourth-order valence-corrected chi connectivity index (χ4v) is 3.20. The molecule has 0 bridgehead atoms. The van der Waals surface area contributed by atoms with E-state index in [4.69, 9.17) is 16.7 Å². The molecule has 0 saturated heterocycles. The molecule has 0 saturated carbocycles. The Morgan fingerprint density at radius 1 is 0.967 bits per heavy atom. The van der Waals surface area contributed by atoms with Crippen LogP contribution in [-0.4, -0.2) is 33.5 Å². The van der Waals surface area contributed by atoms with Crippen LogP contribution in [0.1, 0.15) is 68.1 Å². The average molecular weight is 434 g/mol. The molecule has 30 heavy (non-hydrogen) atoms. The molecule has 2 rings (SSSR count). The van der Waals surface area contributed by atoms with Gasteiger partial charge in [-0.05, 0) is 37.1 Å². The molecule has 0 fully saturated rings. The molecule has 1 amide bonds. The summed E-state index contributed by atoms with van der Waals surface area (Å²) >= 11 is 5.86. The third-order valence-electron chi connectivity index (χ3n) is 4.76. The summed E-state index contributed by atoms with van der Waals surface area (Å²) in [6.45, 7) is 0.510. The SMILES string of the molecule is O=C(O)CCCCCCCCCCNC(=O)c1cnc(-c2ccc(Cl)cc2)[nH]c1=O. The number of hydrogen-bond donors (Lipinski definition) is 3. The van der Waals surface area contributed by atoms with Gasteiger partial charge in [-0.15, -0.1) is 0 Å². The van der Waals surface area contributed by atoms with Crippen molar-refractivity contribution in [3.8, 4) is 11.4 Å². The normalized spacial score (nSPS) is 10.7. The van der Waals surface area contributed by atoms with Crippen molar-refractivity contribution in [2.24, 2.45) is 0 Å². The molecule has 0 aliphatic carbocycles. The van der Waals surface area contributed by atoms with Crippen LogP contribution in [-0.2, 0) is 4.79 Å². The van der Waals surface area contributed by atoms with Crippen LogP contribution in [0, 0.1) is 0 Å². The summed E-state index contributed by atoms with van der Waals surface area (Å²) in [5.74, 6) is -0.770. The molecule has 0 spiro atoms.